The topological polar surface area (TPSA) is 58.6 Å². The number of amides is 2. The maximum atomic E-state index is 13.3. The summed E-state index contributed by atoms with van der Waals surface area (Å²) in [5.74, 6) is -0.221. The van der Waals surface area contributed by atoms with Crippen LogP contribution in [-0.2, 0) is 22.6 Å². The van der Waals surface area contributed by atoms with Crippen molar-refractivity contribution in [2.45, 2.75) is 19.0 Å². The number of rotatable bonds is 9. The zero-order valence-corrected chi connectivity index (χ0v) is 19.1. The van der Waals surface area contributed by atoms with Crippen LogP contribution in [0.2, 0.25) is 10.0 Å². The Kier molecular flexibility index (Phi) is 8.54. The van der Waals surface area contributed by atoms with Crippen LogP contribution in [0.15, 0.2) is 78.9 Å². The fraction of sp³-hybridized carbons (Fsp3) is 0.200. The number of halogens is 2. The van der Waals surface area contributed by atoms with E-state index in [0.29, 0.717) is 22.2 Å². The van der Waals surface area contributed by atoms with E-state index in [4.69, 9.17) is 27.9 Å². The van der Waals surface area contributed by atoms with Crippen LogP contribution in [0.1, 0.15) is 11.1 Å². The Bertz CT molecular complexity index is 1060. The minimum atomic E-state index is -0.749. The van der Waals surface area contributed by atoms with Gasteiger partial charge in [0, 0.05) is 25.0 Å². The van der Waals surface area contributed by atoms with Crippen LogP contribution in [0.4, 0.5) is 0 Å². The van der Waals surface area contributed by atoms with Gasteiger partial charge in [0.1, 0.15) is 11.8 Å². The van der Waals surface area contributed by atoms with E-state index in [0.717, 1.165) is 11.1 Å². The second-order valence-corrected chi connectivity index (χ2v) is 7.97. The molecule has 3 aromatic carbocycles. The van der Waals surface area contributed by atoms with Crippen LogP contribution in [0.25, 0.3) is 0 Å². The highest BCUT2D eigenvalue weighted by atomic mass is 35.5. The molecule has 0 aromatic heterocycles. The average molecular weight is 471 g/mol. The summed E-state index contributed by atoms with van der Waals surface area (Å²) in [6.45, 7) is -0.105. The lowest BCUT2D eigenvalue weighted by Crippen LogP contribution is -2.51. The molecule has 3 rings (SSSR count). The second kappa shape index (κ2) is 11.6. The van der Waals surface area contributed by atoms with Gasteiger partial charge in [0.2, 0.25) is 5.91 Å². The van der Waals surface area contributed by atoms with E-state index in [2.05, 4.69) is 5.32 Å². The Labute approximate surface area is 197 Å². The first kappa shape index (κ1) is 23.6. The SMILES string of the molecule is CNC(=O)C(Cc1ccccc1)N(Cc1ccccc1Cl)C(=O)COc1ccccc1Cl. The molecule has 0 aliphatic heterocycles. The first-order valence-corrected chi connectivity index (χ1v) is 10.9. The van der Waals surface area contributed by atoms with Crippen LogP contribution in [0.3, 0.4) is 0 Å². The van der Waals surface area contributed by atoms with Crippen molar-refractivity contribution in [3.8, 4) is 5.75 Å². The number of hydrogen-bond acceptors (Lipinski definition) is 3. The molecule has 0 spiro atoms. The fourth-order valence-electron chi connectivity index (χ4n) is 3.31. The van der Waals surface area contributed by atoms with Crippen molar-refractivity contribution in [3.63, 3.8) is 0 Å². The smallest absolute Gasteiger partial charge is 0.261 e. The summed E-state index contributed by atoms with van der Waals surface area (Å²) in [5, 5.41) is 3.60. The first-order chi connectivity index (χ1) is 15.5. The van der Waals surface area contributed by atoms with E-state index in [1.807, 2.05) is 48.5 Å². The minimum Gasteiger partial charge on any atom is -0.482 e. The van der Waals surface area contributed by atoms with E-state index in [-0.39, 0.29) is 25.0 Å². The largest absolute Gasteiger partial charge is 0.482 e. The summed E-state index contributed by atoms with van der Waals surface area (Å²) in [5.41, 5.74) is 1.67. The summed E-state index contributed by atoms with van der Waals surface area (Å²) < 4.78 is 5.67. The van der Waals surface area contributed by atoms with Crippen molar-refractivity contribution in [1.29, 1.82) is 0 Å². The van der Waals surface area contributed by atoms with Gasteiger partial charge in [0.25, 0.3) is 5.91 Å². The molecule has 0 saturated carbocycles. The summed E-state index contributed by atoms with van der Waals surface area (Å²) in [7, 11) is 1.55. The van der Waals surface area contributed by atoms with Crippen molar-refractivity contribution in [1.82, 2.24) is 10.2 Å². The van der Waals surface area contributed by atoms with E-state index >= 15 is 0 Å². The monoisotopic (exact) mass is 470 g/mol. The molecule has 3 aromatic rings. The van der Waals surface area contributed by atoms with Crippen LogP contribution < -0.4 is 10.1 Å². The Balaban J connectivity index is 1.89. The molecule has 0 saturated heterocycles. The van der Waals surface area contributed by atoms with Gasteiger partial charge in [0.15, 0.2) is 6.61 Å². The number of likely N-dealkylation sites (N-methyl/N-ethyl adjacent to an activating group) is 1. The van der Waals surface area contributed by atoms with Crippen molar-refractivity contribution >= 4 is 35.0 Å². The molecule has 1 atom stereocenters. The molecule has 0 aliphatic rings. The zero-order valence-electron chi connectivity index (χ0n) is 17.6. The average Bonchev–Trinajstić information content (AvgIpc) is 2.82. The third-order valence-corrected chi connectivity index (χ3v) is 5.68. The molecule has 5 nitrogen and oxygen atoms in total. The summed E-state index contributed by atoms with van der Waals surface area (Å²) >= 11 is 12.5. The second-order valence-electron chi connectivity index (χ2n) is 7.15. The number of nitrogens with zero attached hydrogens (tertiary/aromatic N) is 1. The lowest BCUT2D eigenvalue weighted by Gasteiger charge is -2.31. The first-order valence-electron chi connectivity index (χ1n) is 10.2. The predicted molar refractivity (Wildman–Crippen MR) is 127 cm³/mol. The normalized spacial score (nSPS) is 11.5. The molecular weight excluding hydrogens is 447 g/mol. The quantitative estimate of drug-likeness (QED) is 0.490. The Hall–Kier alpha value is -3.02. The number of benzene rings is 3. The van der Waals surface area contributed by atoms with Crippen LogP contribution in [-0.4, -0.2) is 36.4 Å². The number of nitrogens with one attached hydrogen (secondary N) is 1. The van der Waals surface area contributed by atoms with Gasteiger partial charge in [-0.05, 0) is 29.3 Å². The maximum Gasteiger partial charge on any atom is 0.261 e. The number of carbonyl (C=O) groups excluding carboxylic acids is 2. The van der Waals surface area contributed by atoms with Gasteiger partial charge in [0.05, 0.1) is 5.02 Å². The van der Waals surface area contributed by atoms with Crippen molar-refractivity contribution in [2.75, 3.05) is 13.7 Å². The van der Waals surface area contributed by atoms with E-state index < -0.39 is 6.04 Å². The summed E-state index contributed by atoms with van der Waals surface area (Å²) in [4.78, 5) is 27.7. The third kappa shape index (κ3) is 6.25. The molecule has 1 unspecified atom stereocenters. The Morgan fingerprint density at radius 2 is 1.53 bits per heavy atom. The van der Waals surface area contributed by atoms with Gasteiger partial charge >= 0.3 is 0 Å². The van der Waals surface area contributed by atoms with Crippen molar-refractivity contribution in [3.05, 3.63) is 100 Å². The maximum absolute atomic E-state index is 13.3. The van der Waals surface area contributed by atoms with Crippen LogP contribution in [0, 0.1) is 0 Å². The van der Waals surface area contributed by atoms with Crippen LogP contribution >= 0.6 is 23.2 Å². The fourth-order valence-corrected chi connectivity index (χ4v) is 3.70. The molecule has 1 N–H and O–H groups in total. The Morgan fingerprint density at radius 3 is 2.19 bits per heavy atom. The van der Waals surface area contributed by atoms with Crippen LogP contribution in [0.5, 0.6) is 5.75 Å². The molecule has 0 fully saturated rings. The highest BCUT2D eigenvalue weighted by Crippen LogP contribution is 2.24. The van der Waals surface area contributed by atoms with E-state index in [1.165, 1.54) is 4.90 Å². The highest BCUT2D eigenvalue weighted by molar-refractivity contribution is 6.32. The molecule has 0 heterocycles. The molecular formula is C25H24Cl2N2O3. The van der Waals surface area contributed by atoms with Gasteiger partial charge in [-0.15, -0.1) is 0 Å². The lowest BCUT2D eigenvalue weighted by molar-refractivity contribution is -0.142. The molecule has 0 aliphatic carbocycles. The van der Waals surface area contributed by atoms with Crippen molar-refractivity contribution < 1.29 is 14.3 Å². The molecule has 0 radical (unpaired) electrons. The number of ether oxygens (including phenoxy) is 1. The zero-order chi connectivity index (χ0) is 22.9. The molecule has 0 bridgehead atoms. The lowest BCUT2D eigenvalue weighted by atomic mass is 10.0. The summed E-state index contributed by atoms with van der Waals surface area (Å²) in [6.07, 6.45) is 0.350. The van der Waals surface area contributed by atoms with Crippen molar-refractivity contribution in [2.24, 2.45) is 0 Å². The van der Waals surface area contributed by atoms with Gasteiger partial charge in [-0.1, -0.05) is 83.9 Å². The van der Waals surface area contributed by atoms with Gasteiger partial charge in [-0.25, -0.2) is 0 Å². The third-order valence-electron chi connectivity index (χ3n) is 5.00. The van der Waals surface area contributed by atoms with Gasteiger partial charge in [-0.3, -0.25) is 9.59 Å². The number of carbonyl (C=O) groups is 2. The number of para-hydroxylation sites is 1. The standard InChI is InChI=1S/C25H24Cl2N2O3/c1-28-25(31)22(15-18-9-3-2-4-10-18)29(16-19-11-5-6-12-20(19)26)24(30)17-32-23-14-8-7-13-21(23)27/h2-14,22H,15-17H2,1H3,(H,28,31). The molecule has 7 heteroatoms. The van der Waals surface area contributed by atoms with E-state index in [1.54, 1.807) is 37.4 Å². The van der Waals surface area contributed by atoms with Gasteiger partial charge in [-0.2, -0.15) is 0 Å². The molecule has 166 valence electrons. The highest BCUT2D eigenvalue weighted by Gasteiger charge is 2.30. The van der Waals surface area contributed by atoms with E-state index in [9.17, 15) is 9.59 Å². The summed E-state index contributed by atoms with van der Waals surface area (Å²) in [6, 6.07) is 23.0. The molecule has 32 heavy (non-hydrogen) atoms. The number of hydrogen-bond donors (Lipinski definition) is 1. The molecule has 2 amide bonds. The predicted octanol–water partition coefficient (Wildman–Crippen LogP) is 4.76. The Morgan fingerprint density at radius 1 is 0.906 bits per heavy atom. The van der Waals surface area contributed by atoms with Gasteiger partial charge < -0.3 is 15.0 Å². The minimum absolute atomic E-state index is 0.162.